The van der Waals surface area contributed by atoms with Gasteiger partial charge in [0.25, 0.3) is 5.69 Å². The van der Waals surface area contributed by atoms with Gasteiger partial charge in [0, 0.05) is 23.9 Å². The number of fused-ring (bicyclic) bond motifs is 1. The van der Waals surface area contributed by atoms with Gasteiger partial charge in [-0.15, -0.1) is 0 Å². The Balaban J connectivity index is 1.41. The summed E-state index contributed by atoms with van der Waals surface area (Å²) >= 11 is 0. The maximum Gasteiger partial charge on any atom is 0.275 e. The smallest absolute Gasteiger partial charge is 0.275 e. The van der Waals surface area contributed by atoms with Gasteiger partial charge in [0.2, 0.25) is 5.91 Å². The van der Waals surface area contributed by atoms with E-state index in [2.05, 4.69) is 15.4 Å². The van der Waals surface area contributed by atoms with Crippen LogP contribution >= 0.6 is 0 Å². The highest BCUT2D eigenvalue weighted by molar-refractivity contribution is 5.95. The normalized spacial score (nSPS) is 10.9. The van der Waals surface area contributed by atoms with Crippen molar-refractivity contribution >= 4 is 28.3 Å². The number of pyridine rings is 1. The second kappa shape index (κ2) is 9.34. The minimum atomic E-state index is -0.537. The first kappa shape index (κ1) is 22.8. The van der Waals surface area contributed by atoms with Crippen molar-refractivity contribution in [1.82, 2.24) is 14.8 Å². The number of nitrogens with one attached hydrogen (secondary N) is 1. The van der Waals surface area contributed by atoms with Crippen molar-refractivity contribution in [3.8, 4) is 22.8 Å². The number of amides is 1. The summed E-state index contributed by atoms with van der Waals surface area (Å²) in [4.78, 5) is 28.3. The Hall–Kier alpha value is -4.99. The molecular weight excluding hydrogens is 462 g/mol. The van der Waals surface area contributed by atoms with Gasteiger partial charge in [0.05, 0.1) is 34.0 Å². The Morgan fingerprint density at radius 3 is 2.72 bits per heavy atom. The number of carbonyl (C=O) groups excluding carboxylic acids is 1. The summed E-state index contributed by atoms with van der Waals surface area (Å²) < 4.78 is 12.9. The number of benzene rings is 2. The van der Waals surface area contributed by atoms with E-state index < -0.39 is 10.8 Å². The van der Waals surface area contributed by atoms with Gasteiger partial charge in [-0.3, -0.25) is 14.9 Å². The van der Waals surface area contributed by atoms with Gasteiger partial charge in [0.15, 0.2) is 5.65 Å². The molecule has 3 aromatic heterocycles. The molecule has 0 radical (unpaired) electrons. The molecule has 3 heterocycles. The highest BCUT2D eigenvalue weighted by Gasteiger charge is 2.18. The molecule has 1 amide bonds. The average molecular weight is 483 g/mol. The van der Waals surface area contributed by atoms with Crippen LogP contribution in [0.5, 0.6) is 11.5 Å². The van der Waals surface area contributed by atoms with Crippen LogP contribution < -0.4 is 10.1 Å². The van der Waals surface area contributed by atoms with Crippen molar-refractivity contribution in [3.05, 3.63) is 94.5 Å². The molecule has 0 aliphatic rings. The van der Waals surface area contributed by atoms with Crippen LogP contribution in [0, 0.1) is 24.0 Å². The van der Waals surface area contributed by atoms with E-state index in [0.29, 0.717) is 22.9 Å². The number of hydrogen-bond acceptors (Lipinski definition) is 7. The second-order valence-corrected chi connectivity index (χ2v) is 8.17. The number of nitro benzene ring substituents is 1. The molecule has 0 spiro atoms. The zero-order valence-corrected chi connectivity index (χ0v) is 19.5. The number of carbonyl (C=O) groups is 1. The van der Waals surface area contributed by atoms with Gasteiger partial charge >= 0.3 is 0 Å². The molecule has 36 heavy (non-hydrogen) atoms. The van der Waals surface area contributed by atoms with Crippen molar-refractivity contribution in [2.24, 2.45) is 0 Å². The summed E-state index contributed by atoms with van der Waals surface area (Å²) in [6.45, 7) is 3.56. The van der Waals surface area contributed by atoms with E-state index in [1.807, 2.05) is 44.2 Å². The van der Waals surface area contributed by atoms with Crippen molar-refractivity contribution in [1.29, 1.82) is 0 Å². The van der Waals surface area contributed by atoms with Crippen LogP contribution in [0.3, 0.4) is 0 Å². The first-order valence-corrected chi connectivity index (χ1v) is 11.1. The first-order chi connectivity index (χ1) is 17.4. The van der Waals surface area contributed by atoms with Crippen LogP contribution in [0.2, 0.25) is 0 Å². The summed E-state index contributed by atoms with van der Waals surface area (Å²) in [6, 6.07) is 16.9. The lowest BCUT2D eigenvalue weighted by atomic mass is 10.1. The third-order valence-corrected chi connectivity index (χ3v) is 5.60. The molecule has 0 aliphatic heterocycles. The SMILES string of the molecule is Cc1ccccc1Oc1cc(NC(=O)Cn2nc(C)c3c(-c4ccco4)ccnc32)cc([N+](=O)[O-])c1. The van der Waals surface area contributed by atoms with Crippen molar-refractivity contribution in [2.45, 2.75) is 20.4 Å². The maximum atomic E-state index is 12.9. The molecule has 0 aliphatic carbocycles. The largest absolute Gasteiger partial charge is 0.464 e. The molecule has 0 saturated carbocycles. The molecule has 0 unspecified atom stereocenters. The van der Waals surface area contributed by atoms with Gasteiger partial charge < -0.3 is 14.5 Å². The number of hydrogen-bond donors (Lipinski definition) is 1. The molecule has 2 aromatic carbocycles. The van der Waals surface area contributed by atoms with Crippen LogP contribution in [0.4, 0.5) is 11.4 Å². The summed E-state index contributed by atoms with van der Waals surface area (Å²) in [6.07, 6.45) is 3.22. The number of nitrogens with zero attached hydrogens (tertiary/aromatic N) is 4. The molecular formula is C26H21N5O5. The molecule has 0 saturated heterocycles. The second-order valence-electron chi connectivity index (χ2n) is 8.17. The van der Waals surface area contributed by atoms with E-state index in [0.717, 1.165) is 16.5 Å². The van der Waals surface area contributed by atoms with Gasteiger partial charge in [-0.25, -0.2) is 9.67 Å². The van der Waals surface area contributed by atoms with Gasteiger partial charge in [-0.1, -0.05) is 18.2 Å². The van der Waals surface area contributed by atoms with Gasteiger partial charge in [0.1, 0.15) is 23.8 Å². The fourth-order valence-corrected chi connectivity index (χ4v) is 3.98. The van der Waals surface area contributed by atoms with E-state index in [4.69, 9.17) is 9.15 Å². The van der Waals surface area contributed by atoms with E-state index >= 15 is 0 Å². The zero-order valence-electron chi connectivity index (χ0n) is 19.5. The zero-order chi connectivity index (χ0) is 25.2. The predicted octanol–water partition coefficient (Wildman–Crippen LogP) is 5.65. The number of aryl methyl sites for hydroxylation is 2. The predicted molar refractivity (Wildman–Crippen MR) is 133 cm³/mol. The summed E-state index contributed by atoms with van der Waals surface area (Å²) in [5.41, 5.74) is 2.94. The number of non-ortho nitro benzene ring substituents is 1. The third kappa shape index (κ3) is 4.51. The van der Waals surface area contributed by atoms with E-state index in [-0.39, 0.29) is 23.7 Å². The Labute approximate surface area is 205 Å². The lowest BCUT2D eigenvalue weighted by molar-refractivity contribution is -0.384. The standard InChI is InChI=1S/C26H21N5O5/c1-16-6-3-4-7-22(16)36-20-13-18(12-19(14-20)31(33)34)28-24(32)15-30-26-25(17(2)29-30)21(9-10-27-26)23-8-5-11-35-23/h3-14H,15H2,1-2H3,(H,28,32). The number of aromatic nitrogens is 3. The monoisotopic (exact) mass is 483 g/mol. The molecule has 180 valence electrons. The lowest BCUT2D eigenvalue weighted by Crippen LogP contribution is -2.20. The minimum Gasteiger partial charge on any atom is -0.464 e. The number of furan rings is 1. The van der Waals surface area contributed by atoms with Crippen molar-refractivity contribution in [3.63, 3.8) is 0 Å². The van der Waals surface area contributed by atoms with Crippen LogP contribution in [0.25, 0.3) is 22.4 Å². The summed E-state index contributed by atoms with van der Waals surface area (Å²) in [7, 11) is 0. The van der Waals surface area contributed by atoms with Gasteiger partial charge in [-0.2, -0.15) is 5.10 Å². The van der Waals surface area contributed by atoms with Crippen LogP contribution in [-0.4, -0.2) is 25.6 Å². The Morgan fingerprint density at radius 1 is 1.14 bits per heavy atom. The first-order valence-electron chi connectivity index (χ1n) is 11.1. The Bertz CT molecular complexity index is 1590. The Morgan fingerprint density at radius 2 is 1.97 bits per heavy atom. The molecule has 0 fully saturated rings. The number of para-hydroxylation sites is 1. The summed E-state index contributed by atoms with van der Waals surface area (Å²) in [5, 5.41) is 19.5. The highest BCUT2D eigenvalue weighted by Crippen LogP contribution is 2.32. The Kier molecular flexibility index (Phi) is 5.91. The molecule has 1 N–H and O–H groups in total. The topological polar surface area (TPSA) is 125 Å². The quantitative estimate of drug-likeness (QED) is 0.234. The van der Waals surface area contributed by atoms with Crippen LogP contribution in [0.1, 0.15) is 11.3 Å². The molecule has 5 rings (SSSR count). The number of anilines is 1. The number of rotatable bonds is 7. The lowest BCUT2D eigenvalue weighted by Gasteiger charge is -2.11. The minimum absolute atomic E-state index is 0.143. The molecule has 0 atom stereocenters. The fraction of sp³-hybridized carbons (Fsp3) is 0.115. The fourth-order valence-electron chi connectivity index (χ4n) is 3.98. The van der Waals surface area contributed by atoms with Crippen LogP contribution in [-0.2, 0) is 11.3 Å². The average Bonchev–Trinajstić information content (AvgIpc) is 3.49. The van der Waals surface area contributed by atoms with Crippen molar-refractivity contribution in [2.75, 3.05) is 5.32 Å². The number of ether oxygens (including phenoxy) is 1. The van der Waals surface area contributed by atoms with E-state index in [9.17, 15) is 14.9 Å². The number of nitro groups is 1. The van der Waals surface area contributed by atoms with E-state index in [1.165, 1.54) is 22.9 Å². The molecule has 5 aromatic rings. The molecule has 10 heteroatoms. The van der Waals surface area contributed by atoms with E-state index in [1.54, 1.807) is 24.6 Å². The molecule has 0 bridgehead atoms. The third-order valence-electron chi connectivity index (χ3n) is 5.60. The summed E-state index contributed by atoms with van der Waals surface area (Å²) in [5.74, 6) is 1.05. The van der Waals surface area contributed by atoms with Crippen LogP contribution in [0.15, 0.2) is 77.5 Å². The van der Waals surface area contributed by atoms with Crippen molar-refractivity contribution < 1.29 is 18.9 Å². The maximum absolute atomic E-state index is 12.9. The molecule has 10 nitrogen and oxygen atoms in total. The van der Waals surface area contributed by atoms with Gasteiger partial charge in [-0.05, 0) is 43.7 Å². The highest BCUT2D eigenvalue weighted by atomic mass is 16.6.